The van der Waals surface area contributed by atoms with Crippen molar-refractivity contribution in [1.82, 2.24) is 5.32 Å². The summed E-state index contributed by atoms with van der Waals surface area (Å²) in [5, 5.41) is 3.01. The van der Waals surface area contributed by atoms with Crippen molar-refractivity contribution in [2.24, 2.45) is 0 Å². The molecule has 0 aromatic heterocycles. The van der Waals surface area contributed by atoms with Crippen molar-refractivity contribution in [3.63, 3.8) is 0 Å². The number of phosphoric acid groups is 1. The summed E-state index contributed by atoms with van der Waals surface area (Å²) in [6.07, 6.45) is 81.5. The smallest absolute Gasteiger partial charge is 0.456 e. The highest BCUT2D eigenvalue weighted by atomic mass is 31.2. The van der Waals surface area contributed by atoms with Crippen molar-refractivity contribution in [2.75, 3.05) is 40.9 Å². The third-order valence-corrected chi connectivity index (χ3v) is 15.5. The summed E-state index contributed by atoms with van der Waals surface area (Å²) < 4.78 is 30.7. The van der Waals surface area contributed by atoms with E-state index in [1.54, 1.807) is 0 Å². The highest BCUT2D eigenvalue weighted by Gasteiger charge is 2.30. The number of carbonyl (C=O) groups is 2. The van der Waals surface area contributed by atoms with E-state index < -0.39 is 20.0 Å². The zero-order chi connectivity index (χ0) is 59.3. The van der Waals surface area contributed by atoms with Gasteiger partial charge in [-0.25, -0.2) is 4.57 Å². The molecule has 1 amide bonds. The van der Waals surface area contributed by atoms with Gasteiger partial charge in [0.05, 0.1) is 33.8 Å². The second-order valence-corrected chi connectivity index (χ2v) is 25.1. The van der Waals surface area contributed by atoms with Gasteiger partial charge in [-0.3, -0.25) is 18.6 Å². The van der Waals surface area contributed by atoms with Gasteiger partial charge in [0.1, 0.15) is 19.3 Å². The number of rotatable bonds is 60. The van der Waals surface area contributed by atoms with Crippen LogP contribution >= 0.6 is 7.82 Å². The average Bonchev–Trinajstić information content (AvgIpc) is 3.44. The standard InChI is InChI=1S/C71H127N2O7P/c1-7-10-13-16-19-22-25-28-30-32-34-35-36-37-39-41-43-46-49-52-55-58-61-64-71(75)80-69(62-59-56-53-50-47-44-27-24-21-18-15-12-9-3)68(67-79-81(76,77)78-66-65-73(4,5)6)72-70(74)63-60-57-54-51-48-45-42-40-38-33-31-29-26-23-20-17-14-11-8-2/h11,14,20,23,28-31,38,40,45,48,54,57,59,62,68-69H,7-10,12-13,15-19,21-22,24-27,32-37,39,41-44,46-47,49-53,55-56,58,60-61,63-67H2,1-6H3,(H-,72,74,76,77)/p+1/b14-11-,23-20-,30-28+,31-29-,40-38-,48-45-,57-54-,62-59+. The van der Waals surface area contributed by atoms with E-state index in [2.05, 4.69) is 105 Å². The maximum atomic E-state index is 13.5. The Labute approximate surface area is 500 Å². The lowest BCUT2D eigenvalue weighted by Gasteiger charge is -2.27. The summed E-state index contributed by atoms with van der Waals surface area (Å²) in [5.41, 5.74) is 0. The van der Waals surface area contributed by atoms with Crippen LogP contribution in [0.25, 0.3) is 0 Å². The van der Waals surface area contributed by atoms with Crippen molar-refractivity contribution in [1.29, 1.82) is 0 Å². The van der Waals surface area contributed by atoms with Gasteiger partial charge in [0.25, 0.3) is 0 Å². The molecule has 0 spiro atoms. The summed E-state index contributed by atoms with van der Waals surface area (Å²) >= 11 is 0. The minimum atomic E-state index is -4.48. The van der Waals surface area contributed by atoms with Crippen LogP contribution in [-0.4, -0.2) is 74.3 Å². The molecule has 0 heterocycles. The molecule has 3 unspecified atom stereocenters. The molecule has 0 fully saturated rings. The van der Waals surface area contributed by atoms with Crippen molar-refractivity contribution >= 4 is 19.7 Å². The van der Waals surface area contributed by atoms with Crippen LogP contribution in [0, 0.1) is 0 Å². The summed E-state index contributed by atoms with van der Waals surface area (Å²) in [6.45, 7) is 6.85. The zero-order valence-corrected chi connectivity index (χ0v) is 54.4. The minimum absolute atomic E-state index is 0.0234. The molecular formula is C71H128N2O7P+. The number of hydrogen-bond acceptors (Lipinski definition) is 6. The molecule has 81 heavy (non-hydrogen) atoms. The van der Waals surface area contributed by atoms with Gasteiger partial charge < -0.3 is 19.4 Å². The molecule has 0 aliphatic carbocycles. The van der Waals surface area contributed by atoms with Crippen LogP contribution in [0.15, 0.2) is 97.2 Å². The number of phosphoric ester groups is 1. The predicted molar refractivity (Wildman–Crippen MR) is 350 cm³/mol. The lowest BCUT2D eigenvalue weighted by molar-refractivity contribution is -0.870. The fourth-order valence-electron chi connectivity index (χ4n) is 9.37. The molecule has 0 saturated heterocycles. The van der Waals surface area contributed by atoms with Crippen LogP contribution in [0.5, 0.6) is 0 Å². The molecule has 0 aliphatic rings. The van der Waals surface area contributed by atoms with E-state index in [1.807, 2.05) is 39.4 Å². The molecule has 0 aromatic carbocycles. The van der Waals surface area contributed by atoms with Gasteiger partial charge in [-0.2, -0.15) is 0 Å². The third-order valence-electron chi connectivity index (χ3n) is 14.5. The lowest BCUT2D eigenvalue weighted by atomic mass is 10.0. The first kappa shape index (κ1) is 77.9. The fraction of sp³-hybridized carbons (Fsp3) is 0.746. The summed E-state index contributed by atoms with van der Waals surface area (Å²) in [6, 6.07) is -0.894. The summed E-state index contributed by atoms with van der Waals surface area (Å²) in [7, 11) is 1.45. The minimum Gasteiger partial charge on any atom is -0.456 e. The van der Waals surface area contributed by atoms with Crippen LogP contribution in [0.4, 0.5) is 0 Å². The summed E-state index contributed by atoms with van der Waals surface area (Å²) in [4.78, 5) is 37.8. The number of esters is 1. The van der Waals surface area contributed by atoms with Gasteiger partial charge in [-0.1, -0.05) is 279 Å². The van der Waals surface area contributed by atoms with E-state index in [4.69, 9.17) is 13.8 Å². The number of nitrogens with one attached hydrogen (secondary N) is 1. The Kier molecular flexibility index (Phi) is 57.8. The first-order chi connectivity index (χ1) is 39.4. The molecule has 0 rings (SSSR count). The number of allylic oxidation sites excluding steroid dienone is 15. The van der Waals surface area contributed by atoms with Crippen molar-refractivity contribution < 1.29 is 37.3 Å². The Bertz CT molecular complexity index is 1710. The molecule has 2 N–H and O–H groups in total. The Morgan fingerprint density at radius 3 is 1.21 bits per heavy atom. The maximum Gasteiger partial charge on any atom is 0.472 e. The van der Waals surface area contributed by atoms with E-state index in [1.165, 1.54) is 173 Å². The molecule has 3 atom stereocenters. The third kappa shape index (κ3) is 61.3. The number of amides is 1. The Morgan fingerprint density at radius 2 is 0.802 bits per heavy atom. The van der Waals surface area contributed by atoms with Gasteiger partial charge in [0, 0.05) is 12.8 Å². The highest BCUT2D eigenvalue weighted by molar-refractivity contribution is 7.47. The molecule has 9 nitrogen and oxygen atoms in total. The topological polar surface area (TPSA) is 111 Å². The van der Waals surface area contributed by atoms with Gasteiger partial charge in [0.2, 0.25) is 5.91 Å². The molecule has 0 radical (unpaired) electrons. The number of unbranched alkanes of at least 4 members (excludes halogenated alkanes) is 30. The highest BCUT2D eigenvalue weighted by Crippen LogP contribution is 2.43. The van der Waals surface area contributed by atoms with E-state index in [9.17, 15) is 19.0 Å². The molecule has 10 heteroatoms. The van der Waals surface area contributed by atoms with Gasteiger partial charge >= 0.3 is 13.8 Å². The Morgan fingerprint density at radius 1 is 0.444 bits per heavy atom. The van der Waals surface area contributed by atoms with Gasteiger partial charge in [-0.15, -0.1) is 0 Å². The summed E-state index contributed by atoms with van der Waals surface area (Å²) in [5.74, 6) is -0.600. The molecular weight excluding hydrogens is 1020 g/mol. The van der Waals surface area contributed by atoms with E-state index in [0.717, 1.165) is 77.0 Å². The van der Waals surface area contributed by atoms with E-state index in [0.29, 0.717) is 17.4 Å². The second kappa shape index (κ2) is 60.1. The van der Waals surface area contributed by atoms with Crippen molar-refractivity contribution in [3.05, 3.63) is 97.2 Å². The lowest BCUT2D eigenvalue weighted by Crippen LogP contribution is -2.47. The van der Waals surface area contributed by atoms with Crippen molar-refractivity contribution in [2.45, 2.75) is 303 Å². The normalized spacial score (nSPS) is 14.2. The molecule has 0 saturated carbocycles. The average molecular weight is 1150 g/mol. The van der Waals surface area contributed by atoms with E-state index in [-0.39, 0.29) is 37.9 Å². The quantitative estimate of drug-likeness (QED) is 0.0205. The van der Waals surface area contributed by atoms with Gasteiger partial charge in [0.15, 0.2) is 0 Å². The zero-order valence-electron chi connectivity index (χ0n) is 53.5. The van der Waals surface area contributed by atoms with Crippen LogP contribution in [0.1, 0.15) is 290 Å². The molecule has 0 aliphatic heterocycles. The number of ether oxygens (including phenoxy) is 1. The number of likely N-dealkylation sites (N-methyl/N-ethyl adjacent to an activating group) is 1. The Balaban J connectivity index is 5.27. The largest absolute Gasteiger partial charge is 0.472 e. The Hall–Kier alpha value is -3.07. The van der Waals surface area contributed by atoms with Crippen molar-refractivity contribution in [3.8, 4) is 0 Å². The van der Waals surface area contributed by atoms with Gasteiger partial charge in [-0.05, 0) is 96.0 Å². The molecule has 0 bridgehead atoms. The number of quaternary nitrogens is 1. The van der Waals surface area contributed by atoms with E-state index >= 15 is 0 Å². The van der Waals surface area contributed by atoms with Crippen LogP contribution in [0.2, 0.25) is 0 Å². The SMILES string of the molecule is CC/C=C\C/C=C\C/C=C\C/C=C\C/C=C\C/C=C\CCC(=O)NC(COP(=O)(O)OCC[N+](C)(C)C)C(/C=C/CCCCCCCCCCCCC)OC(=O)CCCCCCCCCCCCCCC/C=C/CCCCCCCC. The van der Waals surface area contributed by atoms with Crippen LogP contribution < -0.4 is 5.32 Å². The number of nitrogens with zero attached hydrogens (tertiary/aromatic N) is 1. The maximum absolute atomic E-state index is 13.5. The predicted octanol–water partition coefficient (Wildman–Crippen LogP) is 21.1. The monoisotopic (exact) mass is 1150 g/mol. The molecule has 468 valence electrons. The second-order valence-electron chi connectivity index (χ2n) is 23.6. The van der Waals surface area contributed by atoms with Crippen LogP contribution in [0.3, 0.4) is 0 Å². The van der Waals surface area contributed by atoms with Crippen LogP contribution in [-0.2, 0) is 27.9 Å². The number of hydrogen-bond donors (Lipinski definition) is 2. The molecule has 0 aromatic rings. The first-order valence-electron chi connectivity index (χ1n) is 33.6. The number of carbonyl (C=O) groups excluding carboxylic acids is 2. The fourth-order valence-corrected chi connectivity index (χ4v) is 10.1. The first-order valence-corrected chi connectivity index (χ1v) is 35.1.